The molecule has 3 heterocycles. The van der Waals surface area contributed by atoms with E-state index in [1.807, 2.05) is 11.4 Å². The molecule has 2 aromatic heterocycles. The van der Waals surface area contributed by atoms with Crippen molar-refractivity contribution >= 4 is 17.2 Å². The fourth-order valence-corrected chi connectivity index (χ4v) is 3.90. The highest BCUT2D eigenvalue weighted by molar-refractivity contribution is 5.74. The van der Waals surface area contributed by atoms with E-state index in [2.05, 4.69) is 46.3 Å². The van der Waals surface area contributed by atoms with Gasteiger partial charge in [0.25, 0.3) is 0 Å². The van der Waals surface area contributed by atoms with Crippen molar-refractivity contribution in [2.24, 2.45) is 0 Å². The van der Waals surface area contributed by atoms with E-state index in [0.29, 0.717) is 11.7 Å². The minimum Gasteiger partial charge on any atom is -0.329 e. The summed E-state index contributed by atoms with van der Waals surface area (Å²) in [6.45, 7) is 2.22. The van der Waals surface area contributed by atoms with Gasteiger partial charge in [0.15, 0.2) is 11.5 Å². The fraction of sp³-hybridized carbons (Fsp3) is 0.190. The molecule has 2 aromatic carbocycles. The average Bonchev–Trinajstić information content (AvgIpc) is 3.08. The standard InChI is InChI=1S/C21H18FN5/c1-13-11-17-20(26(2)18-6-4-3-5-16(13)18)23-12-27-19(24-25-21(17)27)14-7-9-15(22)10-8-14/h3-10,12-13H,11H2,1-2H3. The number of para-hydroxylation sites is 1. The number of aromatic nitrogens is 4. The third-order valence-electron chi connectivity index (χ3n) is 5.29. The highest BCUT2D eigenvalue weighted by Gasteiger charge is 2.26. The Morgan fingerprint density at radius 3 is 2.63 bits per heavy atom. The Labute approximate surface area is 156 Å². The molecule has 0 saturated heterocycles. The summed E-state index contributed by atoms with van der Waals surface area (Å²) in [5, 5.41) is 8.82. The van der Waals surface area contributed by atoms with Gasteiger partial charge < -0.3 is 4.90 Å². The number of fused-ring (bicyclic) bond motifs is 4. The Morgan fingerprint density at radius 1 is 1.04 bits per heavy atom. The van der Waals surface area contributed by atoms with Crippen LogP contribution in [-0.2, 0) is 6.42 Å². The van der Waals surface area contributed by atoms with Crippen LogP contribution in [0.3, 0.4) is 0 Å². The molecule has 5 nitrogen and oxygen atoms in total. The van der Waals surface area contributed by atoms with Gasteiger partial charge in [0.2, 0.25) is 0 Å². The molecule has 0 aliphatic carbocycles. The first-order valence-corrected chi connectivity index (χ1v) is 8.94. The molecule has 27 heavy (non-hydrogen) atoms. The molecule has 0 amide bonds. The van der Waals surface area contributed by atoms with Crippen LogP contribution < -0.4 is 4.90 Å². The van der Waals surface area contributed by atoms with Crippen molar-refractivity contribution in [3.63, 3.8) is 0 Å². The van der Waals surface area contributed by atoms with Crippen LogP contribution in [0.1, 0.15) is 24.0 Å². The zero-order chi connectivity index (χ0) is 18.5. The van der Waals surface area contributed by atoms with Gasteiger partial charge in [-0.2, -0.15) is 0 Å². The van der Waals surface area contributed by atoms with Gasteiger partial charge in [0, 0.05) is 23.9 Å². The molecule has 0 N–H and O–H groups in total. The lowest BCUT2D eigenvalue weighted by atomic mass is 9.94. The Balaban J connectivity index is 1.71. The molecule has 1 aliphatic heterocycles. The highest BCUT2D eigenvalue weighted by Crippen LogP contribution is 2.40. The van der Waals surface area contributed by atoms with Crippen LogP contribution in [0.25, 0.3) is 17.0 Å². The maximum absolute atomic E-state index is 13.3. The second-order valence-corrected chi connectivity index (χ2v) is 6.99. The Hall–Kier alpha value is -3.28. The molecular formula is C21H18FN5. The Morgan fingerprint density at radius 2 is 1.81 bits per heavy atom. The van der Waals surface area contributed by atoms with Crippen molar-refractivity contribution in [2.45, 2.75) is 19.3 Å². The molecule has 4 aromatic rings. The fourth-order valence-electron chi connectivity index (χ4n) is 3.90. The van der Waals surface area contributed by atoms with E-state index in [0.717, 1.165) is 29.0 Å². The average molecular weight is 359 g/mol. The van der Waals surface area contributed by atoms with Crippen molar-refractivity contribution in [1.82, 2.24) is 19.6 Å². The van der Waals surface area contributed by atoms with Crippen molar-refractivity contribution in [2.75, 3.05) is 11.9 Å². The molecule has 0 bridgehead atoms. The SMILES string of the molecule is CC1Cc2c(ncn3c(-c4ccc(F)cc4)nnc23)N(C)c2ccccc21. The minimum atomic E-state index is -0.271. The quantitative estimate of drug-likeness (QED) is 0.507. The smallest absolute Gasteiger partial charge is 0.169 e. The zero-order valence-corrected chi connectivity index (χ0v) is 15.1. The summed E-state index contributed by atoms with van der Waals surface area (Å²) in [7, 11) is 2.04. The van der Waals surface area contributed by atoms with Crippen molar-refractivity contribution in [3.8, 4) is 11.4 Å². The van der Waals surface area contributed by atoms with Crippen LogP contribution in [0, 0.1) is 5.82 Å². The first-order chi connectivity index (χ1) is 13.1. The predicted octanol–water partition coefficient (Wildman–Crippen LogP) is 4.36. The molecule has 1 unspecified atom stereocenters. The second kappa shape index (κ2) is 5.87. The summed E-state index contributed by atoms with van der Waals surface area (Å²) >= 11 is 0. The Bertz CT molecular complexity index is 1150. The first kappa shape index (κ1) is 15.9. The lowest BCUT2D eigenvalue weighted by Crippen LogP contribution is -2.14. The minimum absolute atomic E-state index is 0.271. The van der Waals surface area contributed by atoms with Gasteiger partial charge in [0.05, 0.1) is 0 Å². The number of halogens is 1. The van der Waals surface area contributed by atoms with Crippen LogP contribution in [-0.4, -0.2) is 26.6 Å². The summed E-state index contributed by atoms with van der Waals surface area (Å²) in [5.74, 6) is 1.63. The summed E-state index contributed by atoms with van der Waals surface area (Å²) in [6.07, 6.45) is 2.58. The molecule has 0 spiro atoms. The molecule has 0 radical (unpaired) electrons. The molecule has 6 heteroatoms. The molecular weight excluding hydrogens is 341 g/mol. The van der Waals surface area contributed by atoms with Crippen molar-refractivity contribution < 1.29 is 4.39 Å². The van der Waals surface area contributed by atoms with Gasteiger partial charge >= 0.3 is 0 Å². The Kier molecular flexibility index (Phi) is 3.47. The van der Waals surface area contributed by atoms with Crippen LogP contribution in [0.4, 0.5) is 15.9 Å². The van der Waals surface area contributed by atoms with Crippen LogP contribution in [0.5, 0.6) is 0 Å². The monoisotopic (exact) mass is 359 g/mol. The van der Waals surface area contributed by atoms with Gasteiger partial charge in [-0.25, -0.2) is 9.37 Å². The number of nitrogens with zero attached hydrogens (tertiary/aromatic N) is 5. The summed E-state index contributed by atoms with van der Waals surface area (Å²) < 4.78 is 15.2. The molecule has 0 saturated carbocycles. The van der Waals surface area contributed by atoms with E-state index in [1.165, 1.54) is 23.4 Å². The van der Waals surface area contributed by atoms with Crippen LogP contribution in [0.2, 0.25) is 0 Å². The number of anilines is 2. The maximum atomic E-state index is 13.3. The second-order valence-electron chi connectivity index (χ2n) is 6.99. The zero-order valence-electron chi connectivity index (χ0n) is 15.1. The summed E-state index contributed by atoms with van der Waals surface area (Å²) in [6, 6.07) is 14.7. The summed E-state index contributed by atoms with van der Waals surface area (Å²) in [4.78, 5) is 6.86. The van der Waals surface area contributed by atoms with Crippen molar-refractivity contribution in [1.29, 1.82) is 0 Å². The topological polar surface area (TPSA) is 46.3 Å². The maximum Gasteiger partial charge on any atom is 0.169 e. The van der Waals surface area contributed by atoms with E-state index in [9.17, 15) is 4.39 Å². The van der Waals surface area contributed by atoms with Gasteiger partial charge in [-0.05, 0) is 48.2 Å². The van der Waals surface area contributed by atoms with Gasteiger partial charge in [0.1, 0.15) is 18.0 Å². The lowest BCUT2D eigenvalue weighted by molar-refractivity contribution is 0.628. The molecule has 1 aliphatic rings. The van der Waals surface area contributed by atoms with Gasteiger partial charge in [-0.3, -0.25) is 4.40 Å². The van der Waals surface area contributed by atoms with Crippen LogP contribution in [0.15, 0.2) is 54.9 Å². The largest absolute Gasteiger partial charge is 0.329 e. The number of benzene rings is 2. The normalized spacial score (nSPS) is 16.1. The third-order valence-corrected chi connectivity index (χ3v) is 5.29. The van der Waals surface area contributed by atoms with E-state index in [-0.39, 0.29) is 5.82 Å². The third kappa shape index (κ3) is 2.40. The predicted molar refractivity (Wildman–Crippen MR) is 103 cm³/mol. The molecule has 134 valence electrons. The van der Waals surface area contributed by atoms with E-state index in [4.69, 9.17) is 4.98 Å². The summed E-state index contributed by atoms with van der Waals surface area (Å²) in [5.41, 5.74) is 5.15. The van der Waals surface area contributed by atoms with Crippen molar-refractivity contribution in [3.05, 3.63) is 71.8 Å². The van der Waals surface area contributed by atoms with Crippen LogP contribution >= 0.6 is 0 Å². The lowest BCUT2D eigenvalue weighted by Gasteiger charge is -2.21. The van der Waals surface area contributed by atoms with E-state index >= 15 is 0 Å². The molecule has 1 atom stereocenters. The van der Waals surface area contributed by atoms with Gasteiger partial charge in [-0.1, -0.05) is 25.1 Å². The van der Waals surface area contributed by atoms with Gasteiger partial charge in [-0.15, -0.1) is 10.2 Å². The number of hydrogen-bond donors (Lipinski definition) is 0. The number of rotatable bonds is 1. The number of hydrogen-bond acceptors (Lipinski definition) is 4. The van der Waals surface area contributed by atoms with E-state index < -0.39 is 0 Å². The molecule has 0 fully saturated rings. The molecule has 5 rings (SSSR count). The first-order valence-electron chi connectivity index (χ1n) is 8.94. The van der Waals surface area contributed by atoms with E-state index in [1.54, 1.807) is 18.5 Å². The highest BCUT2D eigenvalue weighted by atomic mass is 19.1.